The van der Waals surface area contributed by atoms with Crippen LogP contribution in [0, 0.1) is 0 Å². The maximum atomic E-state index is 12.0. The van der Waals surface area contributed by atoms with Crippen molar-refractivity contribution in [2.24, 2.45) is 0 Å². The highest BCUT2D eigenvalue weighted by Crippen LogP contribution is 2.24. The fourth-order valence-electron chi connectivity index (χ4n) is 1.17. The van der Waals surface area contributed by atoms with E-state index in [-0.39, 0.29) is 13.2 Å². The van der Waals surface area contributed by atoms with Crippen LogP contribution >= 0.6 is 11.3 Å². The zero-order chi connectivity index (χ0) is 12.2. The Kier molecular flexibility index (Phi) is 4.67. The molecule has 0 saturated heterocycles. The van der Waals surface area contributed by atoms with Crippen LogP contribution in [0.2, 0.25) is 0 Å². The smallest absolute Gasteiger partial charge is 0.252 e. The number of hydrogen-bond donors (Lipinski definition) is 1. The monoisotopic (exact) mass is 261 g/mol. The van der Waals surface area contributed by atoms with Gasteiger partial charge in [0.05, 0.1) is 0 Å². The topological polar surface area (TPSA) is 57.6 Å². The number of likely N-dealkylation sites (N-methyl/N-ethyl adjacent to an activating group) is 1. The molecule has 6 heteroatoms. The molecule has 0 aliphatic heterocycles. The summed E-state index contributed by atoms with van der Waals surface area (Å²) in [7, 11) is -1.88. The first-order chi connectivity index (χ1) is 7.52. The van der Waals surface area contributed by atoms with Crippen LogP contribution < -0.4 is 0 Å². The second kappa shape index (κ2) is 5.58. The van der Waals surface area contributed by atoms with Gasteiger partial charge < -0.3 is 5.11 Å². The molecule has 0 spiro atoms. The first-order valence-electron chi connectivity index (χ1n) is 4.79. The molecule has 0 bridgehead atoms. The predicted octanol–water partition coefficient (Wildman–Crippen LogP) is 1.09. The molecular weight excluding hydrogens is 246 g/mol. The SMILES string of the molecule is C=CCN(C)S(=O)(=O)c1ccc(CCO)s1. The van der Waals surface area contributed by atoms with Crippen molar-refractivity contribution in [1.82, 2.24) is 4.31 Å². The fraction of sp³-hybridized carbons (Fsp3) is 0.400. The zero-order valence-corrected chi connectivity index (χ0v) is 10.7. The molecule has 0 saturated carbocycles. The van der Waals surface area contributed by atoms with Gasteiger partial charge in [0.25, 0.3) is 10.0 Å². The molecule has 16 heavy (non-hydrogen) atoms. The number of aliphatic hydroxyl groups excluding tert-OH is 1. The lowest BCUT2D eigenvalue weighted by Gasteiger charge is -2.13. The van der Waals surface area contributed by atoms with Crippen molar-refractivity contribution in [2.75, 3.05) is 20.2 Å². The van der Waals surface area contributed by atoms with Gasteiger partial charge in [-0.05, 0) is 12.1 Å². The van der Waals surface area contributed by atoms with E-state index >= 15 is 0 Å². The quantitative estimate of drug-likeness (QED) is 0.780. The van der Waals surface area contributed by atoms with Gasteiger partial charge >= 0.3 is 0 Å². The maximum Gasteiger partial charge on any atom is 0.252 e. The van der Waals surface area contributed by atoms with E-state index in [9.17, 15) is 8.42 Å². The number of thiophene rings is 1. The highest BCUT2D eigenvalue weighted by atomic mass is 32.2. The van der Waals surface area contributed by atoms with Gasteiger partial charge in [-0.15, -0.1) is 17.9 Å². The standard InChI is InChI=1S/C10H15NO3S2/c1-3-7-11(2)16(13,14)10-5-4-9(15-10)6-8-12/h3-5,12H,1,6-8H2,2H3. The Balaban J connectivity index is 2.93. The van der Waals surface area contributed by atoms with E-state index < -0.39 is 10.0 Å². The number of nitrogens with zero attached hydrogens (tertiary/aromatic N) is 1. The number of sulfonamides is 1. The summed E-state index contributed by atoms with van der Waals surface area (Å²) in [6.45, 7) is 3.82. The van der Waals surface area contributed by atoms with Crippen molar-refractivity contribution in [3.63, 3.8) is 0 Å². The summed E-state index contributed by atoms with van der Waals surface area (Å²) in [6, 6.07) is 3.31. The van der Waals surface area contributed by atoms with Crippen molar-refractivity contribution in [2.45, 2.75) is 10.6 Å². The molecule has 0 radical (unpaired) electrons. The molecule has 0 fully saturated rings. The van der Waals surface area contributed by atoms with Gasteiger partial charge in [0, 0.05) is 31.5 Å². The van der Waals surface area contributed by atoms with Gasteiger partial charge in [-0.2, -0.15) is 4.31 Å². The average molecular weight is 261 g/mol. The van der Waals surface area contributed by atoms with Crippen LogP contribution in [0.5, 0.6) is 0 Å². The molecule has 4 nitrogen and oxygen atoms in total. The van der Waals surface area contributed by atoms with Crippen LogP contribution in [0.3, 0.4) is 0 Å². The van der Waals surface area contributed by atoms with E-state index in [1.165, 1.54) is 22.7 Å². The number of rotatable bonds is 6. The minimum absolute atomic E-state index is 0.0303. The van der Waals surface area contributed by atoms with Crippen molar-refractivity contribution >= 4 is 21.4 Å². The lowest BCUT2D eigenvalue weighted by atomic mass is 10.4. The molecule has 0 amide bonds. The molecule has 1 aromatic heterocycles. The first-order valence-corrected chi connectivity index (χ1v) is 7.05. The Bertz CT molecular complexity index is 450. The maximum absolute atomic E-state index is 12.0. The first kappa shape index (κ1) is 13.4. The molecule has 1 aromatic rings. The molecule has 90 valence electrons. The third-order valence-corrected chi connectivity index (χ3v) is 5.48. The van der Waals surface area contributed by atoms with E-state index in [2.05, 4.69) is 6.58 Å². The number of hydrogen-bond acceptors (Lipinski definition) is 4. The minimum Gasteiger partial charge on any atom is -0.396 e. The summed E-state index contributed by atoms with van der Waals surface area (Å²) < 4.78 is 25.5. The van der Waals surface area contributed by atoms with Crippen LogP contribution in [-0.4, -0.2) is 38.0 Å². The predicted molar refractivity (Wildman–Crippen MR) is 65.1 cm³/mol. The van der Waals surface area contributed by atoms with Crippen molar-refractivity contribution in [3.8, 4) is 0 Å². The Morgan fingerprint density at radius 3 is 2.81 bits per heavy atom. The minimum atomic E-state index is -3.40. The van der Waals surface area contributed by atoms with Gasteiger partial charge in [-0.25, -0.2) is 8.42 Å². The van der Waals surface area contributed by atoms with E-state index in [1.54, 1.807) is 18.2 Å². The Hall–Kier alpha value is -0.690. The number of aliphatic hydroxyl groups is 1. The van der Waals surface area contributed by atoms with Gasteiger partial charge in [0.15, 0.2) is 0 Å². The zero-order valence-electron chi connectivity index (χ0n) is 9.09. The summed E-state index contributed by atoms with van der Waals surface area (Å²) in [5.41, 5.74) is 0. The van der Waals surface area contributed by atoms with E-state index in [1.807, 2.05) is 0 Å². The second-order valence-corrected chi connectivity index (χ2v) is 6.71. The summed E-state index contributed by atoms with van der Waals surface area (Å²) in [5.74, 6) is 0. The Labute approximate surface area is 99.9 Å². The van der Waals surface area contributed by atoms with Gasteiger partial charge in [0.2, 0.25) is 0 Å². The third-order valence-electron chi connectivity index (χ3n) is 2.05. The fourth-order valence-corrected chi connectivity index (χ4v) is 3.87. The van der Waals surface area contributed by atoms with Crippen LogP contribution in [-0.2, 0) is 16.4 Å². The van der Waals surface area contributed by atoms with Crippen LogP contribution in [0.1, 0.15) is 4.88 Å². The highest BCUT2D eigenvalue weighted by Gasteiger charge is 2.21. The van der Waals surface area contributed by atoms with E-state index in [4.69, 9.17) is 5.11 Å². The van der Waals surface area contributed by atoms with Crippen LogP contribution in [0.15, 0.2) is 29.0 Å². The summed E-state index contributed by atoms with van der Waals surface area (Å²) in [5, 5.41) is 8.76. The Morgan fingerprint density at radius 2 is 2.25 bits per heavy atom. The van der Waals surface area contributed by atoms with Crippen molar-refractivity contribution < 1.29 is 13.5 Å². The van der Waals surface area contributed by atoms with Gasteiger partial charge in [-0.1, -0.05) is 6.08 Å². The molecule has 1 rings (SSSR count). The molecule has 1 N–H and O–H groups in total. The van der Waals surface area contributed by atoms with Crippen molar-refractivity contribution in [3.05, 3.63) is 29.7 Å². The van der Waals surface area contributed by atoms with Crippen molar-refractivity contribution in [1.29, 1.82) is 0 Å². The second-order valence-electron chi connectivity index (χ2n) is 3.27. The average Bonchev–Trinajstić information content (AvgIpc) is 2.68. The van der Waals surface area contributed by atoms with E-state index in [0.717, 1.165) is 4.88 Å². The molecule has 0 unspecified atom stereocenters. The highest BCUT2D eigenvalue weighted by molar-refractivity contribution is 7.91. The molecule has 0 aromatic carbocycles. The summed E-state index contributed by atoms with van der Waals surface area (Å²) in [6.07, 6.45) is 2.03. The largest absolute Gasteiger partial charge is 0.396 e. The third kappa shape index (κ3) is 2.91. The summed E-state index contributed by atoms with van der Waals surface area (Å²) in [4.78, 5) is 0.869. The van der Waals surface area contributed by atoms with E-state index in [0.29, 0.717) is 10.6 Å². The van der Waals surface area contributed by atoms with Crippen LogP contribution in [0.4, 0.5) is 0 Å². The lowest BCUT2D eigenvalue weighted by molar-refractivity contribution is 0.300. The molecule has 0 atom stereocenters. The lowest BCUT2D eigenvalue weighted by Crippen LogP contribution is -2.26. The van der Waals surface area contributed by atoms with Gasteiger partial charge in [-0.3, -0.25) is 0 Å². The van der Waals surface area contributed by atoms with Crippen LogP contribution in [0.25, 0.3) is 0 Å². The molecular formula is C10H15NO3S2. The molecule has 0 aliphatic rings. The Morgan fingerprint density at radius 1 is 1.56 bits per heavy atom. The normalized spacial score (nSPS) is 11.9. The van der Waals surface area contributed by atoms with Gasteiger partial charge in [0.1, 0.15) is 4.21 Å². The molecule has 1 heterocycles. The summed E-state index contributed by atoms with van der Waals surface area (Å²) >= 11 is 1.19. The molecule has 0 aliphatic carbocycles.